The van der Waals surface area contributed by atoms with Crippen LogP contribution in [0.25, 0.3) is 10.1 Å². The number of nitrogens with one attached hydrogen (secondary N) is 2. The topological polar surface area (TPSA) is 81.3 Å². The van der Waals surface area contributed by atoms with Crippen LogP contribution >= 0.6 is 11.3 Å². The van der Waals surface area contributed by atoms with E-state index in [9.17, 15) is 4.39 Å². The number of likely N-dealkylation sites (tertiary alicyclic amines) is 1. The lowest BCUT2D eigenvalue weighted by Crippen LogP contribution is -2.44. The highest BCUT2D eigenvalue weighted by Gasteiger charge is 2.27. The molecule has 0 unspecified atom stereocenters. The molecule has 10 nitrogen and oxygen atoms in total. The molecule has 3 aliphatic rings. The summed E-state index contributed by atoms with van der Waals surface area (Å²) >= 11 is 1.78. The van der Waals surface area contributed by atoms with Crippen LogP contribution in [0.5, 0.6) is 0 Å². The lowest BCUT2D eigenvalue weighted by molar-refractivity contribution is 0.0716. The predicted molar refractivity (Wildman–Crippen MR) is 425 cm³/mol. The summed E-state index contributed by atoms with van der Waals surface area (Å²) in [5, 5.41) is 9.31. The van der Waals surface area contributed by atoms with Crippen LogP contribution in [0.3, 0.4) is 0 Å². The summed E-state index contributed by atoms with van der Waals surface area (Å²) in [7, 11) is 17.6. The van der Waals surface area contributed by atoms with E-state index in [1.807, 2.05) is 60.4 Å². The van der Waals surface area contributed by atoms with Gasteiger partial charge in [0.1, 0.15) is 11.5 Å². The first kappa shape index (κ1) is 91.7. The molecule has 0 atom stereocenters. The van der Waals surface area contributed by atoms with Gasteiger partial charge in [-0.05, 0) is 203 Å². The number of aryl methyl sites for hydroxylation is 10. The zero-order valence-corrected chi connectivity index (χ0v) is 64.5. The van der Waals surface area contributed by atoms with Crippen LogP contribution in [0.15, 0.2) is 170 Å². The molecular weight excluding hydrogens is 1200 g/mol. The van der Waals surface area contributed by atoms with Gasteiger partial charge in [-0.1, -0.05) is 213 Å². The second-order valence-electron chi connectivity index (χ2n) is 26.3. The average Bonchev–Trinajstić information content (AvgIpc) is 1.66. The SMILES string of the molecule is C.CC1CCOCC1.CCc1cccc(C)c1.CN(C)C.CN1CCC(C)(F)CC1.CN1CCN(c2cnccn2)CC1.CNC.CNc1ccc2ccsc2c1.COCCC(C)C.Cc1ccc(C)cc1.Cc1ccc(C)cc1.Cc1ccc(C)cc1.Cc1ccc(C)cc1. The van der Waals surface area contributed by atoms with Gasteiger partial charge < -0.3 is 39.7 Å². The molecule has 0 amide bonds. The summed E-state index contributed by atoms with van der Waals surface area (Å²) in [5.41, 5.74) is 13.7. The zero-order chi connectivity index (χ0) is 71.4. The molecule has 0 aliphatic carbocycles. The van der Waals surface area contributed by atoms with Gasteiger partial charge in [-0.3, -0.25) is 4.98 Å². The number of likely N-dealkylation sites (N-methyl/N-ethyl adjacent to an activating group) is 1. The molecule has 0 spiro atoms. The molecule has 8 aromatic rings. The van der Waals surface area contributed by atoms with Crippen LogP contribution in [0.2, 0.25) is 0 Å². The Morgan fingerprint density at radius 1 is 0.615 bits per heavy atom. The summed E-state index contributed by atoms with van der Waals surface area (Å²) < 4.78 is 24.4. The van der Waals surface area contributed by atoms with Crippen molar-refractivity contribution in [2.24, 2.45) is 11.8 Å². The van der Waals surface area contributed by atoms with E-state index in [4.69, 9.17) is 9.47 Å². The number of piperidine rings is 1. The summed E-state index contributed by atoms with van der Waals surface area (Å²) in [4.78, 5) is 17.1. The van der Waals surface area contributed by atoms with Crippen LogP contribution < -0.4 is 15.5 Å². The summed E-state index contributed by atoms with van der Waals surface area (Å²) in [6.07, 6.45) is 11.5. The Balaban J connectivity index is 0. The monoisotopic (exact) mass is 1340 g/mol. The molecule has 3 aliphatic heterocycles. The lowest BCUT2D eigenvalue weighted by Gasteiger charge is -2.32. The number of anilines is 2. The Hall–Kier alpha value is -6.35. The Morgan fingerprint density at radius 2 is 1.03 bits per heavy atom. The van der Waals surface area contributed by atoms with Crippen molar-refractivity contribution in [1.29, 1.82) is 0 Å². The number of ether oxygens (including phenoxy) is 2. The number of benzene rings is 6. The van der Waals surface area contributed by atoms with E-state index in [1.165, 1.54) is 90.7 Å². The average molecular weight is 1340 g/mol. The fourth-order valence-corrected chi connectivity index (χ4v) is 9.16. The molecule has 3 saturated heterocycles. The molecule has 536 valence electrons. The summed E-state index contributed by atoms with van der Waals surface area (Å²) in [5.74, 6) is 2.68. The van der Waals surface area contributed by atoms with Crippen LogP contribution in [-0.2, 0) is 15.9 Å². The number of aromatic nitrogens is 2. The van der Waals surface area contributed by atoms with Crippen molar-refractivity contribution in [2.45, 2.75) is 149 Å². The first-order valence-electron chi connectivity index (χ1n) is 34.3. The van der Waals surface area contributed by atoms with Crippen molar-refractivity contribution in [1.82, 2.24) is 30.0 Å². The Morgan fingerprint density at radius 3 is 1.33 bits per heavy atom. The van der Waals surface area contributed by atoms with Crippen molar-refractivity contribution in [3.05, 3.63) is 225 Å². The molecule has 11 rings (SSSR count). The number of nitrogens with zero attached hydrogens (tertiary/aromatic N) is 6. The molecule has 3 fully saturated rings. The first-order valence-corrected chi connectivity index (χ1v) is 35.2. The third kappa shape index (κ3) is 51.9. The minimum absolute atomic E-state index is 0. The maximum absolute atomic E-state index is 13.0. The minimum Gasteiger partial charge on any atom is -0.388 e. The number of hydrogen-bond acceptors (Lipinski definition) is 11. The first-order chi connectivity index (χ1) is 45.1. The van der Waals surface area contributed by atoms with Gasteiger partial charge in [0.15, 0.2) is 0 Å². The van der Waals surface area contributed by atoms with Crippen LogP contribution in [0.4, 0.5) is 15.9 Å². The van der Waals surface area contributed by atoms with Gasteiger partial charge in [0.05, 0.1) is 6.20 Å². The van der Waals surface area contributed by atoms with Gasteiger partial charge in [-0.15, -0.1) is 11.3 Å². The molecule has 0 bridgehead atoms. The van der Waals surface area contributed by atoms with E-state index < -0.39 is 5.67 Å². The molecular formula is C84H135FN8O2S. The van der Waals surface area contributed by atoms with E-state index in [0.717, 1.165) is 83.2 Å². The van der Waals surface area contributed by atoms with E-state index >= 15 is 0 Å². The molecule has 12 heteroatoms. The number of hydrogen-bond donors (Lipinski definition) is 2. The van der Waals surface area contributed by atoms with Crippen molar-refractivity contribution in [3.8, 4) is 0 Å². The fraction of sp³-hybridized carbons (Fsp3) is 0.500. The third-order valence-corrected chi connectivity index (χ3v) is 15.8. The second-order valence-corrected chi connectivity index (χ2v) is 27.2. The highest BCUT2D eigenvalue weighted by Crippen LogP contribution is 2.25. The molecule has 0 radical (unpaired) electrons. The van der Waals surface area contributed by atoms with Gasteiger partial charge in [-0.2, -0.15) is 0 Å². The maximum atomic E-state index is 13.0. The van der Waals surface area contributed by atoms with Gasteiger partial charge in [0.2, 0.25) is 0 Å². The number of halogens is 1. The zero-order valence-electron chi connectivity index (χ0n) is 63.7. The number of piperazine rings is 1. The van der Waals surface area contributed by atoms with E-state index in [2.05, 4.69) is 283 Å². The largest absolute Gasteiger partial charge is 0.388 e. The minimum atomic E-state index is -0.882. The lowest BCUT2D eigenvalue weighted by atomic mass is 9.96. The van der Waals surface area contributed by atoms with Gasteiger partial charge in [0.25, 0.3) is 0 Å². The molecule has 6 aromatic carbocycles. The third-order valence-electron chi connectivity index (χ3n) is 14.9. The molecule has 2 N–H and O–H groups in total. The van der Waals surface area contributed by atoms with Crippen molar-refractivity contribution < 1.29 is 13.9 Å². The number of alkyl halides is 1. The van der Waals surface area contributed by atoms with Crippen LogP contribution in [0.1, 0.15) is 130 Å². The predicted octanol–water partition coefficient (Wildman–Crippen LogP) is 20.1. The van der Waals surface area contributed by atoms with Crippen molar-refractivity contribution in [3.63, 3.8) is 0 Å². The summed E-state index contributed by atoms with van der Waals surface area (Å²) in [6, 6.07) is 51.1. The Labute approximate surface area is 591 Å². The highest BCUT2D eigenvalue weighted by atomic mass is 32.1. The van der Waals surface area contributed by atoms with Crippen molar-refractivity contribution in [2.75, 3.05) is 133 Å². The quantitative estimate of drug-likeness (QED) is 0.168. The summed E-state index contributed by atoms with van der Waals surface area (Å²) in [6.45, 7) is 38.4. The number of methoxy groups -OCH3 is 1. The van der Waals surface area contributed by atoms with E-state index in [1.54, 1.807) is 37.8 Å². The maximum Gasteiger partial charge on any atom is 0.147 e. The molecule has 2 aromatic heterocycles. The van der Waals surface area contributed by atoms with Crippen LogP contribution in [0, 0.1) is 74.1 Å². The van der Waals surface area contributed by atoms with Crippen molar-refractivity contribution >= 4 is 32.9 Å². The number of thiophene rings is 1. The normalized spacial score (nSPS) is 13.5. The molecule has 0 saturated carbocycles. The molecule has 5 heterocycles. The number of fused-ring (bicyclic) bond motifs is 1. The smallest absolute Gasteiger partial charge is 0.147 e. The number of rotatable bonds is 6. The standard InChI is InChI=1S/C9H14N4.C9H9NS.C9H12.4C8H10.C7H14FN.C6H12O.C6H14O.C3H9N.C2H7N.CH4/c1-12-4-6-13(7-5-12)9-8-10-2-3-11-9;1-10-8-3-2-7-4-5-11-9(7)6-8;1-3-9-6-4-5-8(2)7-9;4*1-7-3-5-8(2)6-4-7;1-7(8)3-5-9(2)6-4-7;1-6-2-4-7-5-3-6;1-6(2)4-5-7-3;1-4(2)3;1-3-2;/h2-3,8H,4-7H2,1H3;2-6,10H,1H3;4-7H,3H2,1-2H3;4*3-6H,1-2H3;3-6H2,1-2H3;6H,2-5H2,1H3;6H,4-5H2,1-3H3;1-3H3;3H,1-2H3;1H4. The van der Waals surface area contributed by atoms with Gasteiger partial charge in [0, 0.05) is 96.0 Å². The second kappa shape index (κ2) is 56.6. The fourth-order valence-electron chi connectivity index (χ4n) is 8.33. The Kier molecular flexibility index (Phi) is 54.1. The van der Waals surface area contributed by atoms with Gasteiger partial charge in [-0.25, -0.2) is 9.37 Å². The van der Waals surface area contributed by atoms with Gasteiger partial charge >= 0.3 is 0 Å². The molecule has 96 heavy (non-hydrogen) atoms. The van der Waals surface area contributed by atoms with E-state index in [-0.39, 0.29) is 7.43 Å². The van der Waals surface area contributed by atoms with Crippen LogP contribution in [-0.4, -0.2) is 153 Å². The Bertz CT molecular complexity index is 2740. The van der Waals surface area contributed by atoms with E-state index in [0.29, 0.717) is 12.8 Å². The highest BCUT2D eigenvalue weighted by molar-refractivity contribution is 7.17.